The number of cyclic esters (lactones) is 1. The van der Waals surface area contributed by atoms with E-state index in [1.807, 2.05) is 12.1 Å². The minimum atomic E-state index is -0.00303. The zero-order valence-electron chi connectivity index (χ0n) is 13.1. The van der Waals surface area contributed by atoms with Gasteiger partial charge in [-0.05, 0) is 41.9 Å². The van der Waals surface area contributed by atoms with E-state index in [1.165, 1.54) is 22.3 Å². The van der Waals surface area contributed by atoms with Crippen molar-refractivity contribution in [2.45, 2.75) is 19.3 Å². The lowest BCUT2D eigenvalue weighted by molar-refractivity contribution is -0.155. The maximum Gasteiger partial charge on any atom is 0.309 e. The lowest BCUT2D eigenvalue weighted by Crippen LogP contribution is -2.28. The van der Waals surface area contributed by atoms with Gasteiger partial charge in [0.15, 0.2) is 0 Å². The summed E-state index contributed by atoms with van der Waals surface area (Å²) in [4.78, 5) is 12.1. The second-order valence-electron chi connectivity index (χ2n) is 6.44. The molecule has 0 aromatic heterocycles. The molecule has 1 heterocycles. The van der Waals surface area contributed by atoms with Gasteiger partial charge in [-0.3, -0.25) is 4.79 Å². The van der Waals surface area contributed by atoms with Gasteiger partial charge in [-0.25, -0.2) is 0 Å². The average molecular weight is 304 g/mol. The largest absolute Gasteiger partial charge is 0.465 e. The van der Waals surface area contributed by atoms with Crippen molar-refractivity contribution in [2.75, 3.05) is 6.61 Å². The van der Waals surface area contributed by atoms with Crippen LogP contribution in [0.25, 0.3) is 5.57 Å². The van der Waals surface area contributed by atoms with Gasteiger partial charge in [0.2, 0.25) is 0 Å². The van der Waals surface area contributed by atoms with Crippen LogP contribution >= 0.6 is 0 Å². The van der Waals surface area contributed by atoms with Crippen LogP contribution in [0.2, 0.25) is 0 Å². The minimum absolute atomic E-state index is 0.00303. The van der Waals surface area contributed by atoms with E-state index in [1.54, 1.807) is 0 Å². The molecule has 2 aromatic carbocycles. The molecule has 2 nitrogen and oxygen atoms in total. The Hall–Kier alpha value is -2.35. The number of carbonyl (C=O) groups excluding carboxylic acids is 1. The van der Waals surface area contributed by atoms with Crippen molar-refractivity contribution in [1.82, 2.24) is 0 Å². The van der Waals surface area contributed by atoms with Crippen LogP contribution < -0.4 is 0 Å². The fourth-order valence-corrected chi connectivity index (χ4v) is 3.96. The molecule has 1 saturated carbocycles. The number of carbonyl (C=O) groups is 1. The van der Waals surface area contributed by atoms with E-state index >= 15 is 0 Å². The van der Waals surface area contributed by atoms with Crippen molar-refractivity contribution < 1.29 is 9.53 Å². The van der Waals surface area contributed by atoms with Crippen LogP contribution in [0.3, 0.4) is 0 Å². The summed E-state index contributed by atoms with van der Waals surface area (Å²) in [6.07, 6.45) is 2.85. The summed E-state index contributed by atoms with van der Waals surface area (Å²) < 4.78 is 5.27. The van der Waals surface area contributed by atoms with Crippen LogP contribution in [0, 0.1) is 11.8 Å². The molecule has 2 heteroatoms. The topological polar surface area (TPSA) is 26.3 Å². The normalized spacial score (nSPS) is 23.3. The third-order valence-electron chi connectivity index (χ3n) is 5.06. The highest BCUT2D eigenvalue weighted by Gasteiger charge is 2.40. The summed E-state index contributed by atoms with van der Waals surface area (Å²) in [6, 6.07) is 21.1. The molecule has 0 N–H and O–H groups in total. The van der Waals surface area contributed by atoms with Gasteiger partial charge in [0.1, 0.15) is 0 Å². The Morgan fingerprint density at radius 1 is 0.870 bits per heavy atom. The zero-order valence-corrected chi connectivity index (χ0v) is 13.1. The summed E-state index contributed by atoms with van der Waals surface area (Å²) in [5.74, 6) is 0.506. The molecule has 1 aliphatic carbocycles. The third kappa shape index (κ3) is 2.70. The fourth-order valence-electron chi connectivity index (χ4n) is 3.96. The van der Waals surface area contributed by atoms with E-state index in [-0.39, 0.29) is 11.9 Å². The number of benzene rings is 2. The summed E-state index contributed by atoms with van der Waals surface area (Å²) in [5, 5.41) is 0. The van der Waals surface area contributed by atoms with Gasteiger partial charge in [-0.15, -0.1) is 0 Å². The fraction of sp³-hybridized carbons (Fsp3) is 0.286. The van der Waals surface area contributed by atoms with Crippen molar-refractivity contribution in [1.29, 1.82) is 0 Å². The number of hydrogen-bond donors (Lipinski definition) is 0. The summed E-state index contributed by atoms with van der Waals surface area (Å²) in [7, 11) is 0. The number of hydrogen-bond acceptors (Lipinski definition) is 2. The van der Waals surface area contributed by atoms with Crippen LogP contribution in [0.4, 0.5) is 0 Å². The molecule has 0 amide bonds. The average Bonchev–Trinajstić information content (AvgIpc) is 3.02. The quantitative estimate of drug-likeness (QED) is 0.766. The molecule has 2 unspecified atom stereocenters. The first-order chi connectivity index (χ1) is 11.3. The summed E-state index contributed by atoms with van der Waals surface area (Å²) in [6.45, 7) is 0.583. The van der Waals surface area contributed by atoms with Gasteiger partial charge in [-0.2, -0.15) is 0 Å². The number of allylic oxidation sites excluding steroid dienone is 1. The molecular formula is C21H20O2. The third-order valence-corrected chi connectivity index (χ3v) is 5.06. The molecule has 0 spiro atoms. The number of esters is 1. The van der Waals surface area contributed by atoms with E-state index in [4.69, 9.17) is 4.74 Å². The van der Waals surface area contributed by atoms with Crippen LogP contribution in [-0.2, 0) is 9.53 Å². The van der Waals surface area contributed by atoms with Crippen molar-refractivity contribution in [3.8, 4) is 0 Å². The lowest BCUT2D eigenvalue weighted by Gasteiger charge is -2.23. The second-order valence-corrected chi connectivity index (χ2v) is 6.44. The van der Waals surface area contributed by atoms with E-state index in [9.17, 15) is 4.79 Å². The van der Waals surface area contributed by atoms with Gasteiger partial charge in [0, 0.05) is 0 Å². The predicted molar refractivity (Wildman–Crippen MR) is 90.7 cm³/mol. The van der Waals surface area contributed by atoms with Gasteiger partial charge in [0.05, 0.1) is 12.5 Å². The summed E-state index contributed by atoms with van der Waals surface area (Å²) >= 11 is 0. The highest BCUT2D eigenvalue weighted by atomic mass is 16.5. The molecule has 1 aliphatic heterocycles. The van der Waals surface area contributed by atoms with Gasteiger partial charge in [-0.1, -0.05) is 66.2 Å². The minimum Gasteiger partial charge on any atom is -0.465 e. The van der Waals surface area contributed by atoms with Crippen LogP contribution in [-0.4, -0.2) is 12.6 Å². The van der Waals surface area contributed by atoms with Gasteiger partial charge in [0.25, 0.3) is 0 Å². The first kappa shape index (κ1) is 14.3. The first-order valence-electron chi connectivity index (χ1n) is 8.32. The molecular weight excluding hydrogens is 284 g/mol. The van der Waals surface area contributed by atoms with Crippen LogP contribution in [0.1, 0.15) is 30.4 Å². The molecule has 116 valence electrons. The molecule has 1 saturated heterocycles. The maximum atomic E-state index is 12.1. The smallest absolute Gasteiger partial charge is 0.309 e. The second kappa shape index (κ2) is 6.04. The van der Waals surface area contributed by atoms with Crippen molar-refractivity contribution in [2.24, 2.45) is 11.8 Å². The van der Waals surface area contributed by atoms with Gasteiger partial charge >= 0.3 is 5.97 Å². The van der Waals surface area contributed by atoms with Crippen LogP contribution in [0.5, 0.6) is 0 Å². The van der Waals surface area contributed by atoms with E-state index in [2.05, 4.69) is 48.5 Å². The monoisotopic (exact) mass is 304 g/mol. The number of fused-ring (bicyclic) bond motifs is 1. The molecule has 0 radical (unpaired) electrons. The molecule has 2 aliphatic rings. The Labute approximate surface area is 136 Å². The number of ether oxygens (including phenoxy) is 1. The van der Waals surface area contributed by atoms with Gasteiger partial charge < -0.3 is 4.74 Å². The molecule has 2 atom stereocenters. The Bertz CT molecular complexity index is 689. The molecule has 23 heavy (non-hydrogen) atoms. The predicted octanol–water partition coefficient (Wildman–Crippen LogP) is 4.46. The molecule has 4 rings (SSSR count). The van der Waals surface area contributed by atoms with Crippen LogP contribution in [0.15, 0.2) is 66.2 Å². The zero-order chi connectivity index (χ0) is 15.6. The molecule has 2 aromatic rings. The standard InChI is InChI=1S/C21H20O2/c22-21-19-14-18(13-17(19)11-12-23-21)20(15-7-3-1-4-8-15)16-9-5-2-6-10-16/h1-10,17,19H,11-14H2. The molecule has 2 fully saturated rings. The highest BCUT2D eigenvalue weighted by Crippen LogP contribution is 2.45. The Kier molecular flexibility index (Phi) is 3.74. The molecule has 0 bridgehead atoms. The SMILES string of the molecule is O=C1OCCC2CC(=C(c3ccccc3)c3ccccc3)CC12. The first-order valence-corrected chi connectivity index (χ1v) is 8.32. The Morgan fingerprint density at radius 3 is 2.04 bits per heavy atom. The van der Waals surface area contributed by atoms with E-state index in [0.29, 0.717) is 12.5 Å². The Balaban J connectivity index is 1.81. The number of rotatable bonds is 2. The summed E-state index contributed by atoms with van der Waals surface area (Å²) in [5.41, 5.74) is 5.17. The lowest BCUT2D eigenvalue weighted by atomic mass is 9.91. The van der Waals surface area contributed by atoms with E-state index in [0.717, 1.165) is 19.3 Å². The van der Waals surface area contributed by atoms with Crippen molar-refractivity contribution in [3.63, 3.8) is 0 Å². The highest BCUT2D eigenvalue weighted by molar-refractivity contribution is 5.84. The van der Waals surface area contributed by atoms with Crippen molar-refractivity contribution in [3.05, 3.63) is 77.4 Å². The Morgan fingerprint density at radius 2 is 1.48 bits per heavy atom. The van der Waals surface area contributed by atoms with E-state index < -0.39 is 0 Å². The van der Waals surface area contributed by atoms with Crippen molar-refractivity contribution >= 4 is 11.5 Å². The maximum absolute atomic E-state index is 12.1.